The third kappa shape index (κ3) is 2.95. The zero-order valence-corrected chi connectivity index (χ0v) is 11.8. The van der Waals surface area contributed by atoms with E-state index in [2.05, 4.69) is 0 Å². The van der Waals surface area contributed by atoms with Gasteiger partial charge >= 0.3 is 5.97 Å². The fraction of sp³-hybridized carbons (Fsp3) is 0.500. The van der Waals surface area contributed by atoms with Crippen molar-refractivity contribution in [1.29, 1.82) is 0 Å². The molecule has 1 aliphatic heterocycles. The molecule has 0 saturated carbocycles. The van der Waals surface area contributed by atoms with E-state index in [-0.39, 0.29) is 0 Å². The molecule has 5 heteroatoms. The summed E-state index contributed by atoms with van der Waals surface area (Å²) in [5.41, 5.74) is 1.69. The molecule has 0 radical (unpaired) electrons. The Kier molecular flexibility index (Phi) is 4.20. The van der Waals surface area contributed by atoms with Crippen LogP contribution in [0, 0.1) is 12.8 Å². The van der Waals surface area contributed by atoms with Gasteiger partial charge in [-0.2, -0.15) is 0 Å². The Bertz CT molecular complexity index is 499. The van der Waals surface area contributed by atoms with Gasteiger partial charge in [0, 0.05) is 17.5 Å². The fourth-order valence-electron chi connectivity index (χ4n) is 2.11. The number of hydrogen-bond acceptors (Lipinski definition) is 3. The average molecular weight is 285 g/mol. The van der Waals surface area contributed by atoms with Crippen LogP contribution in [-0.4, -0.2) is 24.3 Å². The summed E-state index contributed by atoms with van der Waals surface area (Å²) in [5, 5.41) is 9.55. The van der Waals surface area contributed by atoms with Crippen molar-refractivity contribution in [2.24, 2.45) is 5.92 Å². The van der Waals surface area contributed by atoms with Gasteiger partial charge in [0.2, 0.25) is 0 Å². The van der Waals surface area contributed by atoms with Gasteiger partial charge < -0.3 is 14.6 Å². The van der Waals surface area contributed by atoms with Crippen LogP contribution in [0.5, 0.6) is 11.5 Å². The maximum Gasteiger partial charge on any atom is 0.306 e. The number of hydrogen-bond donors (Lipinski definition) is 1. The minimum atomic E-state index is -0.831. The number of halogens is 1. The highest BCUT2D eigenvalue weighted by atomic mass is 35.5. The lowest BCUT2D eigenvalue weighted by Gasteiger charge is -2.17. The van der Waals surface area contributed by atoms with Crippen molar-refractivity contribution >= 4 is 17.6 Å². The van der Waals surface area contributed by atoms with Gasteiger partial charge in [0.05, 0.1) is 19.1 Å². The highest BCUT2D eigenvalue weighted by Crippen LogP contribution is 2.40. The first-order valence-corrected chi connectivity index (χ1v) is 6.69. The molecule has 0 spiro atoms. The SMILES string of the molecule is Cc1c(CC(C)C(=O)O)c(Cl)cc2c1OCCCO2. The topological polar surface area (TPSA) is 55.8 Å². The molecule has 0 amide bonds. The van der Waals surface area contributed by atoms with Crippen molar-refractivity contribution in [3.63, 3.8) is 0 Å². The van der Waals surface area contributed by atoms with E-state index in [9.17, 15) is 4.79 Å². The highest BCUT2D eigenvalue weighted by Gasteiger charge is 2.22. The van der Waals surface area contributed by atoms with Crippen molar-refractivity contribution < 1.29 is 19.4 Å². The van der Waals surface area contributed by atoms with Gasteiger partial charge in [-0.25, -0.2) is 0 Å². The Morgan fingerprint density at radius 3 is 2.84 bits per heavy atom. The van der Waals surface area contributed by atoms with Gasteiger partial charge in [-0.1, -0.05) is 18.5 Å². The molecule has 104 valence electrons. The Morgan fingerprint density at radius 2 is 2.16 bits per heavy atom. The van der Waals surface area contributed by atoms with Gasteiger partial charge in [-0.05, 0) is 24.5 Å². The number of aliphatic carboxylic acids is 1. The third-order valence-corrected chi connectivity index (χ3v) is 3.62. The molecule has 0 fully saturated rings. The van der Waals surface area contributed by atoms with E-state index >= 15 is 0 Å². The number of rotatable bonds is 3. The fourth-order valence-corrected chi connectivity index (χ4v) is 2.43. The van der Waals surface area contributed by atoms with Crippen LogP contribution in [0.2, 0.25) is 5.02 Å². The Morgan fingerprint density at radius 1 is 1.47 bits per heavy atom. The minimum absolute atomic E-state index is 0.386. The highest BCUT2D eigenvalue weighted by molar-refractivity contribution is 6.31. The minimum Gasteiger partial charge on any atom is -0.489 e. The van der Waals surface area contributed by atoms with Crippen LogP contribution in [-0.2, 0) is 11.2 Å². The first kappa shape index (κ1) is 14.0. The van der Waals surface area contributed by atoms with Gasteiger partial charge in [-0.15, -0.1) is 0 Å². The Labute approximate surface area is 117 Å². The molecular weight excluding hydrogens is 268 g/mol. The molecule has 4 nitrogen and oxygen atoms in total. The molecule has 1 N–H and O–H groups in total. The largest absolute Gasteiger partial charge is 0.489 e. The predicted molar refractivity (Wildman–Crippen MR) is 72.3 cm³/mol. The molecule has 1 unspecified atom stereocenters. The zero-order chi connectivity index (χ0) is 14.0. The molecule has 1 atom stereocenters. The molecule has 0 aliphatic carbocycles. The lowest BCUT2D eigenvalue weighted by molar-refractivity contribution is -0.141. The molecule has 1 aromatic rings. The lowest BCUT2D eigenvalue weighted by atomic mass is 9.96. The second-order valence-corrected chi connectivity index (χ2v) is 5.19. The van der Waals surface area contributed by atoms with Crippen molar-refractivity contribution in [1.82, 2.24) is 0 Å². The molecule has 2 rings (SSSR count). The van der Waals surface area contributed by atoms with Gasteiger partial charge in [0.25, 0.3) is 0 Å². The quantitative estimate of drug-likeness (QED) is 0.927. The van der Waals surface area contributed by atoms with Crippen LogP contribution in [0.15, 0.2) is 6.07 Å². The molecule has 19 heavy (non-hydrogen) atoms. The van der Waals surface area contributed by atoms with Crippen molar-refractivity contribution in [2.75, 3.05) is 13.2 Å². The summed E-state index contributed by atoms with van der Waals surface area (Å²) in [5.74, 6) is 0.0183. The molecule has 0 aromatic heterocycles. The van der Waals surface area contributed by atoms with E-state index < -0.39 is 11.9 Å². The van der Waals surface area contributed by atoms with Gasteiger partial charge in [0.15, 0.2) is 11.5 Å². The van der Waals surface area contributed by atoms with Crippen molar-refractivity contribution in [3.8, 4) is 11.5 Å². The van der Waals surface area contributed by atoms with Crippen LogP contribution < -0.4 is 9.47 Å². The maximum atomic E-state index is 11.0. The second kappa shape index (κ2) is 5.70. The second-order valence-electron chi connectivity index (χ2n) is 4.78. The number of fused-ring (bicyclic) bond motifs is 1. The average Bonchev–Trinajstić information content (AvgIpc) is 2.59. The summed E-state index contributed by atoms with van der Waals surface area (Å²) in [6.45, 7) is 4.77. The standard InChI is InChI=1S/C14H17ClO4/c1-8(14(16)17)6-10-9(2)13-12(7-11(10)15)18-4-3-5-19-13/h7-8H,3-6H2,1-2H3,(H,16,17). The van der Waals surface area contributed by atoms with E-state index in [0.717, 1.165) is 17.5 Å². The van der Waals surface area contributed by atoms with Crippen LogP contribution >= 0.6 is 11.6 Å². The van der Waals surface area contributed by atoms with Crippen molar-refractivity contribution in [2.45, 2.75) is 26.7 Å². The summed E-state index contributed by atoms with van der Waals surface area (Å²) in [6, 6.07) is 1.72. The summed E-state index contributed by atoms with van der Waals surface area (Å²) in [4.78, 5) is 11.0. The van der Waals surface area contributed by atoms with Gasteiger partial charge in [0.1, 0.15) is 0 Å². The van der Waals surface area contributed by atoms with Crippen LogP contribution in [0.3, 0.4) is 0 Å². The number of carboxylic acids is 1. The summed E-state index contributed by atoms with van der Waals surface area (Å²) in [6.07, 6.45) is 1.21. The van der Waals surface area contributed by atoms with E-state index in [1.54, 1.807) is 13.0 Å². The molecule has 1 aliphatic rings. The van der Waals surface area contributed by atoms with Gasteiger partial charge in [-0.3, -0.25) is 4.79 Å². The molecule has 0 bridgehead atoms. The summed E-state index contributed by atoms with van der Waals surface area (Å²) < 4.78 is 11.3. The van der Waals surface area contributed by atoms with E-state index in [1.807, 2.05) is 6.92 Å². The Balaban J connectivity index is 2.39. The number of carbonyl (C=O) groups is 1. The van der Waals surface area contributed by atoms with E-state index in [0.29, 0.717) is 36.2 Å². The van der Waals surface area contributed by atoms with E-state index in [4.69, 9.17) is 26.2 Å². The predicted octanol–water partition coefficient (Wildman–Crippen LogP) is 3.07. The number of benzene rings is 1. The Hall–Kier alpha value is -1.42. The summed E-state index contributed by atoms with van der Waals surface area (Å²) >= 11 is 6.24. The molecule has 1 aromatic carbocycles. The normalized spacial score (nSPS) is 15.7. The maximum absolute atomic E-state index is 11.0. The lowest BCUT2D eigenvalue weighted by Crippen LogP contribution is -2.13. The molecule has 0 saturated heterocycles. The third-order valence-electron chi connectivity index (χ3n) is 3.29. The monoisotopic (exact) mass is 284 g/mol. The smallest absolute Gasteiger partial charge is 0.306 e. The van der Waals surface area contributed by atoms with Crippen LogP contribution in [0.25, 0.3) is 0 Å². The molecule has 1 heterocycles. The first-order valence-electron chi connectivity index (χ1n) is 6.31. The van der Waals surface area contributed by atoms with Crippen LogP contribution in [0.1, 0.15) is 24.5 Å². The van der Waals surface area contributed by atoms with E-state index in [1.165, 1.54) is 0 Å². The number of ether oxygens (including phenoxy) is 2. The number of carboxylic acid groups (broad SMARTS) is 1. The molecular formula is C14H17ClO4. The van der Waals surface area contributed by atoms with Crippen LogP contribution in [0.4, 0.5) is 0 Å². The summed E-state index contributed by atoms with van der Waals surface area (Å²) in [7, 11) is 0. The van der Waals surface area contributed by atoms with Crippen molar-refractivity contribution in [3.05, 3.63) is 22.2 Å². The zero-order valence-electron chi connectivity index (χ0n) is 11.0. The first-order chi connectivity index (χ1) is 9.00.